The summed E-state index contributed by atoms with van der Waals surface area (Å²) in [4.78, 5) is 0. The van der Waals surface area contributed by atoms with Crippen LogP contribution in [0.2, 0.25) is 0 Å². The summed E-state index contributed by atoms with van der Waals surface area (Å²) >= 11 is 0. The third-order valence-corrected chi connectivity index (χ3v) is 15.3. The smallest absolute Gasteiger partial charge is 0.00986 e. The van der Waals surface area contributed by atoms with E-state index in [0.29, 0.717) is 0 Å². The van der Waals surface area contributed by atoms with E-state index >= 15 is 0 Å². The first-order valence-corrected chi connectivity index (χ1v) is 24.9. The summed E-state index contributed by atoms with van der Waals surface area (Å²) in [5, 5.41) is 12.5. The van der Waals surface area contributed by atoms with Crippen LogP contribution < -0.4 is 0 Å². The summed E-state index contributed by atoms with van der Waals surface area (Å²) < 4.78 is 0. The molecular weight excluding hydrogens is 841 g/mol. The molecule has 0 spiro atoms. The molecule has 0 saturated heterocycles. The van der Waals surface area contributed by atoms with E-state index < -0.39 is 0 Å². The highest BCUT2D eigenvalue weighted by atomic mass is 14.3. The summed E-state index contributed by atoms with van der Waals surface area (Å²) in [7, 11) is 0. The van der Waals surface area contributed by atoms with Crippen molar-refractivity contribution in [3.05, 3.63) is 253 Å². The van der Waals surface area contributed by atoms with Crippen molar-refractivity contribution < 1.29 is 0 Å². The summed E-state index contributed by atoms with van der Waals surface area (Å²) in [6.45, 7) is 0. The third kappa shape index (κ3) is 7.07. The van der Waals surface area contributed by atoms with Crippen LogP contribution in [-0.4, -0.2) is 0 Å². The molecule has 0 aromatic heterocycles. The van der Waals surface area contributed by atoms with E-state index in [4.69, 9.17) is 0 Å². The largest absolute Gasteiger partial charge is 0.0836 e. The van der Waals surface area contributed by atoms with E-state index in [2.05, 4.69) is 243 Å². The van der Waals surface area contributed by atoms with Gasteiger partial charge in [-0.05, 0) is 241 Å². The number of hydrogen-bond donors (Lipinski definition) is 0. The number of hydrogen-bond acceptors (Lipinski definition) is 0. The zero-order valence-corrected chi connectivity index (χ0v) is 38.9. The van der Waals surface area contributed by atoms with Crippen molar-refractivity contribution in [2.45, 2.75) is 25.7 Å². The molecule has 328 valence electrons. The second-order valence-electron chi connectivity index (χ2n) is 19.5. The minimum atomic E-state index is 1.10. The summed E-state index contributed by atoms with van der Waals surface area (Å²) in [6, 6.07) is 82.3. The first kappa shape index (κ1) is 40.5. The molecule has 70 heavy (non-hydrogen) atoms. The quantitative estimate of drug-likeness (QED) is 0.146. The second-order valence-corrected chi connectivity index (χ2v) is 19.5. The maximum Gasteiger partial charge on any atom is -0.00986 e. The summed E-state index contributed by atoms with van der Waals surface area (Å²) in [5.41, 5.74) is 20.6. The van der Waals surface area contributed by atoms with E-state index in [9.17, 15) is 0 Å². The van der Waals surface area contributed by atoms with Crippen LogP contribution in [0.3, 0.4) is 0 Å². The zero-order valence-electron chi connectivity index (χ0n) is 38.9. The molecule has 0 heteroatoms. The SMILES string of the molecule is C1=Cc2cc(-c3cc(-c4ccc5ccccc5c4)cc(-c4ccc5ccc(-c6cc(-c7ccc8ccccc8c7)cc(-c7cc8ccccc8c8ccccc78)c6)cc5c4)c3)c3c(c2CC1)CCC=C3. The maximum absolute atomic E-state index is 2.47. The molecule has 0 atom stereocenters. The lowest BCUT2D eigenvalue weighted by Gasteiger charge is -2.24. The number of benzene rings is 12. The fourth-order valence-electron chi connectivity index (χ4n) is 11.7. The Bertz CT molecular complexity index is 4180. The van der Waals surface area contributed by atoms with Crippen molar-refractivity contribution in [3.8, 4) is 66.8 Å². The normalized spacial score (nSPS) is 13.1. The van der Waals surface area contributed by atoms with E-state index in [0.717, 1.165) is 25.7 Å². The minimum Gasteiger partial charge on any atom is -0.0836 e. The van der Waals surface area contributed by atoms with Crippen molar-refractivity contribution >= 4 is 66.0 Å². The molecule has 2 aliphatic carbocycles. The van der Waals surface area contributed by atoms with Gasteiger partial charge in [0, 0.05) is 0 Å². The molecule has 0 radical (unpaired) electrons. The van der Waals surface area contributed by atoms with E-state index in [-0.39, 0.29) is 0 Å². The van der Waals surface area contributed by atoms with Crippen LogP contribution in [0.5, 0.6) is 0 Å². The van der Waals surface area contributed by atoms with E-state index in [1.54, 1.807) is 5.56 Å². The Balaban J connectivity index is 0.943. The molecule has 0 nitrogen and oxygen atoms in total. The molecule has 0 fully saturated rings. The summed E-state index contributed by atoms with van der Waals surface area (Å²) in [6.07, 6.45) is 13.9. The molecule has 0 amide bonds. The van der Waals surface area contributed by atoms with Crippen molar-refractivity contribution in [1.82, 2.24) is 0 Å². The standard InChI is InChI=1S/C70H48/c1-3-15-48-33-50(29-25-45(48)13-1)57-37-59(41-61(39-57)69-43-54-17-5-7-19-63(54)65-21-9-11-23-67(65)69)52-31-27-47-28-32-53(36-56(47)35-52)60-38-58(51-30-26-46-14-2-4-16-49(46)34-51)40-62(42-60)70-44-55-18-6-8-20-64(55)66-22-10-12-24-68(66)70/h1-7,9,11-19,21,23-44H,8,10,20,22H2. The van der Waals surface area contributed by atoms with Gasteiger partial charge in [0.2, 0.25) is 0 Å². The lowest BCUT2D eigenvalue weighted by Crippen LogP contribution is -2.07. The predicted molar refractivity (Wildman–Crippen MR) is 301 cm³/mol. The van der Waals surface area contributed by atoms with Crippen molar-refractivity contribution in [1.29, 1.82) is 0 Å². The molecule has 2 aliphatic rings. The zero-order chi connectivity index (χ0) is 46.1. The molecule has 0 saturated carbocycles. The number of rotatable bonds is 6. The maximum atomic E-state index is 2.47. The topological polar surface area (TPSA) is 0 Å². The van der Waals surface area contributed by atoms with Crippen LogP contribution in [0, 0.1) is 0 Å². The van der Waals surface area contributed by atoms with Gasteiger partial charge in [0.25, 0.3) is 0 Å². The van der Waals surface area contributed by atoms with Crippen LogP contribution >= 0.6 is 0 Å². The molecule has 0 N–H and O–H groups in total. The van der Waals surface area contributed by atoms with E-state index in [1.165, 1.54) is 137 Å². The van der Waals surface area contributed by atoms with Gasteiger partial charge >= 0.3 is 0 Å². The third-order valence-electron chi connectivity index (χ3n) is 15.3. The van der Waals surface area contributed by atoms with Gasteiger partial charge in [-0.2, -0.15) is 0 Å². The fourth-order valence-corrected chi connectivity index (χ4v) is 11.7. The van der Waals surface area contributed by atoms with Crippen LogP contribution in [0.4, 0.5) is 0 Å². The van der Waals surface area contributed by atoms with Crippen LogP contribution in [0.15, 0.2) is 231 Å². The molecular formula is C70H48. The molecule has 0 bridgehead atoms. The highest BCUT2D eigenvalue weighted by Gasteiger charge is 2.21. The van der Waals surface area contributed by atoms with Gasteiger partial charge in [-0.3, -0.25) is 0 Å². The predicted octanol–water partition coefficient (Wildman–Crippen LogP) is 19.4. The lowest BCUT2D eigenvalue weighted by molar-refractivity contribution is 0.906. The first-order chi connectivity index (χ1) is 34.6. The Morgan fingerprint density at radius 3 is 1.26 bits per heavy atom. The Hall–Kier alpha value is -8.58. The van der Waals surface area contributed by atoms with Crippen molar-refractivity contribution in [2.24, 2.45) is 0 Å². The van der Waals surface area contributed by atoms with Crippen LogP contribution in [0.1, 0.15) is 35.1 Å². The van der Waals surface area contributed by atoms with Gasteiger partial charge in [0.05, 0.1) is 0 Å². The van der Waals surface area contributed by atoms with Crippen molar-refractivity contribution in [2.75, 3.05) is 0 Å². The molecule has 14 rings (SSSR count). The Kier molecular flexibility index (Phi) is 9.59. The van der Waals surface area contributed by atoms with E-state index in [1.807, 2.05) is 0 Å². The molecule has 12 aromatic rings. The monoisotopic (exact) mass is 888 g/mol. The molecule has 0 aliphatic heterocycles. The van der Waals surface area contributed by atoms with Gasteiger partial charge in [-0.15, -0.1) is 0 Å². The summed E-state index contributed by atoms with van der Waals surface area (Å²) in [5.74, 6) is 0. The van der Waals surface area contributed by atoms with Gasteiger partial charge < -0.3 is 0 Å². The number of fused-ring (bicyclic) bond motifs is 9. The average Bonchev–Trinajstić information content (AvgIpc) is 3.43. The second kappa shape index (κ2) is 16.6. The fraction of sp³-hybridized carbons (Fsp3) is 0.0571. The first-order valence-electron chi connectivity index (χ1n) is 24.9. The molecule has 0 unspecified atom stereocenters. The van der Waals surface area contributed by atoms with Crippen LogP contribution in [0.25, 0.3) is 133 Å². The molecule has 0 heterocycles. The van der Waals surface area contributed by atoms with Gasteiger partial charge in [-0.25, -0.2) is 0 Å². The van der Waals surface area contributed by atoms with Crippen LogP contribution in [-0.2, 0) is 12.8 Å². The Morgan fingerprint density at radius 2 is 0.671 bits per heavy atom. The highest BCUT2D eigenvalue weighted by molar-refractivity contribution is 6.14. The van der Waals surface area contributed by atoms with Crippen molar-refractivity contribution in [3.63, 3.8) is 0 Å². The average molecular weight is 889 g/mol. The Labute approximate surface area is 409 Å². The molecule has 12 aromatic carbocycles. The minimum absolute atomic E-state index is 1.10. The van der Waals surface area contributed by atoms with Gasteiger partial charge in [0.15, 0.2) is 0 Å². The van der Waals surface area contributed by atoms with Gasteiger partial charge in [0.1, 0.15) is 0 Å². The Morgan fingerprint density at radius 1 is 0.243 bits per heavy atom. The number of allylic oxidation sites excluding steroid dienone is 2. The van der Waals surface area contributed by atoms with Gasteiger partial charge in [-0.1, -0.05) is 170 Å². The lowest BCUT2D eigenvalue weighted by atomic mass is 9.80. The highest BCUT2D eigenvalue weighted by Crippen LogP contribution is 2.43.